The first-order chi connectivity index (χ1) is 10.8. The fraction of sp³-hybridized carbons (Fsp3) is 0.0667. The summed E-state index contributed by atoms with van der Waals surface area (Å²) in [5, 5.41) is 0.154. The van der Waals surface area contributed by atoms with Crippen molar-refractivity contribution in [3.8, 4) is 0 Å². The van der Waals surface area contributed by atoms with Crippen LogP contribution in [-0.2, 0) is 10.0 Å². The minimum Gasteiger partial charge on any atom is -0.295 e. The zero-order valence-corrected chi connectivity index (χ0v) is 13.5. The Labute approximate surface area is 135 Å². The van der Waals surface area contributed by atoms with Crippen LogP contribution in [0.15, 0.2) is 47.4 Å². The van der Waals surface area contributed by atoms with Crippen LogP contribution in [-0.4, -0.2) is 19.2 Å². The van der Waals surface area contributed by atoms with Gasteiger partial charge in [-0.15, -0.1) is 0 Å². The first-order valence-electron chi connectivity index (χ1n) is 6.55. The van der Waals surface area contributed by atoms with E-state index >= 15 is 0 Å². The number of carbonyl (C=O) groups excluding carboxylic acids is 1. The summed E-state index contributed by atoms with van der Waals surface area (Å²) in [6.07, 6.45) is 0. The molecule has 0 unspecified atom stereocenters. The van der Waals surface area contributed by atoms with E-state index in [1.165, 1.54) is 49.4 Å². The van der Waals surface area contributed by atoms with Gasteiger partial charge in [-0.3, -0.25) is 9.52 Å². The molecule has 0 radical (unpaired) electrons. The lowest BCUT2D eigenvalue weighted by Crippen LogP contribution is -2.12. The molecule has 0 fully saturated rings. The third kappa shape index (κ3) is 3.22. The number of fused-ring (bicyclic) bond motifs is 1. The summed E-state index contributed by atoms with van der Waals surface area (Å²) in [6, 6.07) is 9.65. The van der Waals surface area contributed by atoms with Crippen molar-refractivity contribution >= 4 is 42.5 Å². The molecule has 0 saturated carbocycles. The molecular weight excluding hydrogens is 339 g/mol. The van der Waals surface area contributed by atoms with Crippen LogP contribution in [0.25, 0.3) is 10.2 Å². The molecule has 0 aliphatic heterocycles. The van der Waals surface area contributed by atoms with Gasteiger partial charge in [-0.1, -0.05) is 23.5 Å². The van der Waals surface area contributed by atoms with E-state index in [4.69, 9.17) is 0 Å². The van der Waals surface area contributed by atoms with E-state index in [1.807, 2.05) is 0 Å². The highest BCUT2D eigenvalue weighted by Crippen LogP contribution is 2.28. The number of hydrogen-bond donors (Lipinski definition) is 1. The lowest BCUT2D eigenvalue weighted by atomic mass is 10.2. The van der Waals surface area contributed by atoms with Gasteiger partial charge in [-0.2, -0.15) is 0 Å². The highest BCUT2D eigenvalue weighted by atomic mass is 32.2. The topological polar surface area (TPSA) is 76.1 Å². The van der Waals surface area contributed by atoms with E-state index in [1.54, 1.807) is 0 Å². The number of aromatic nitrogens is 1. The normalized spacial score (nSPS) is 11.6. The van der Waals surface area contributed by atoms with Crippen LogP contribution in [0.3, 0.4) is 0 Å². The lowest BCUT2D eigenvalue weighted by Gasteiger charge is -2.05. The smallest absolute Gasteiger partial charge is 0.263 e. The van der Waals surface area contributed by atoms with Gasteiger partial charge in [0.2, 0.25) is 0 Å². The van der Waals surface area contributed by atoms with Crippen molar-refractivity contribution in [3.63, 3.8) is 0 Å². The molecule has 1 N–H and O–H groups in total. The molecule has 8 heteroatoms. The van der Waals surface area contributed by atoms with Crippen molar-refractivity contribution in [3.05, 3.63) is 53.8 Å². The Bertz CT molecular complexity index is 995. The highest BCUT2D eigenvalue weighted by Gasteiger charge is 2.17. The number of carbonyl (C=O) groups is 1. The van der Waals surface area contributed by atoms with Gasteiger partial charge in [0.15, 0.2) is 10.9 Å². The standard InChI is InChI=1S/C15H11FN2O3S2/c1-9(19)10-2-5-12(6-3-10)23(20,21)18-15-17-13-7-4-11(16)8-14(13)22-15/h2-8H,1H3,(H,17,18). The predicted octanol–water partition coefficient (Wildman–Crippen LogP) is 3.44. The Morgan fingerprint density at radius 3 is 2.52 bits per heavy atom. The molecule has 5 nitrogen and oxygen atoms in total. The Hall–Kier alpha value is -2.32. The number of ketones is 1. The number of thiazole rings is 1. The molecule has 2 aromatic carbocycles. The number of halogens is 1. The fourth-order valence-electron chi connectivity index (χ4n) is 1.98. The molecule has 3 aromatic rings. The molecule has 3 rings (SSSR count). The van der Waals surface area contributed by atoms with E-state index < -0.39 is 15.8 Å². The summed E-state index contributed by atoms with van der Waals surface area (Å²) in [5.74, 6) is -0.550. The minimum atomic E-state index is -3.82. The molecule has 118 valence electrons. The maximum absolute atomic E-state index is 13.2. The Morgan fingerprint density at radius 1 is 1.17 bits per heavy atom. The average molecular weight is 350 g/mol. The van der Waals surface area contributed by atoms with Crippen LogP contribution in [0, 0.1) is 5.82 Å². The summed E-state index contributed by atoms with van der Waals surface area (Å²) < 4.78 is 40.7. The molecule has 0 aliphatic carbocycles. The van der Waals surface area contributed by atoms with Gasteiger partial charge in [-0.05, 0) is 37.3 Å². The zero-order chi connectivity index (χ0) is 16.6. The third-order valence-electron chi connectivity index (χ3n) is 3.14. The van der Waals surface area contributed by atoms with Crippen LogP contribution < -0.4 is 4.72 Å². The molecule has 0 aliphatic rings. The largest absolute Gasteiger partial charge is 0.295 e. The summed E-state index contributed by atoms with van der Waals surface area (Å²) in [5.41, 5.74) is 0.945. The van der Waals surface area contributed by atoms with Crippen molar-refractivity contribution in [2.75, 3.05) is 4.72 Å². The quantitative estimate of drug-likeness (QED) is 0.731. The number of rotatable bonds is 4. The molecule has 0 atom stereocenters. The van der Waals surface area contributed by atoms with Gasteiger partial charge in [0.1, 0.15) is 5.82 Å². The maximum Gasteiger partial charge on any atom is 0.263 e. The Balaban J connectivity index is 1.91. The van der Waals surface area contributed by atoms with Crippen molar-refractivity contribution in [1.82, 2.24) is 4.98 Å². The van der Waals surface area contributed by atoms with E-state index in [2.05, 4.69) is 9.71 Å². The average Bonchev–Trinajstić information content (AvgIpc) is 2.87. The van der Waals surface area contributed by atoms with Gasteiger partial charge in [0, 0.05) is 5.56 Å². The predicted molar refractivity (Wildman–Crippen MR) is 86.8 cm³/mol. The summed E-state index contributed by atoms with van der Waals surface area (Å²) in [6.45, 7) is 1.40. The second kappa shape index (κ2) is 5.71. The first-order valence-corrected chi connectivity index (χ1v) is 8.85. The van der Waals surface area contributed by atoms with E-state index in [9.17, 15) is 17.6 Å². The van der Waals surface area contributed by atoms with Crippen LogP contribution in [0.4, 0.5) is 9.52 Å². The van der Waals surface area contributed by atoms with Crippen molar-refractivity contribution in [2.24, 2.45) is 0 Å². The number of hydrogen-bond acceptors (Lipinski definition) is 5. The minimum absolute atomic E-state index is 0.0212. The van der Waals surface area contributed by atoms with Gasteiger partial charge < -0.3 is 0 Å². The van der Waals surface area contributed by atoms with Gasteiger partial charge in [0.05, 0.1) is 15.1 Å². The molecule has 23 heavy (non-hydrogen) atoms. The van der Waals surface area contributed by atoms with Crippen molar-refractivity contribution in [1.29, 1.82) is 0 Å². The molecule has 0 bridgehead atoms. The molecule has 1 heterocycles. The summed E-state index contributed by atoms with van der Waals surface area (Å²) in [7, 11) is -3.82. The molecular formula is C15H11FN2O3S2. The van der Waals surface area contributed by atoms with Crippen molar-refractivity contribution < 1.29 is 17.6 Å². The number of benzene rings is 2. The molecule has 0 spiro atoms. The second-order valence-corrected chi connectivity index (χ2v) is 7.53. The SMILES string of the molecule is CC(=O)c1ccc(S(=O)(=O)Nc2nc3ccc(F)cc3s2)cc1. The molecule has 0 saturated heterocycles. The fourth-order valence-corrected chi connectivity index (χ4v) is 4.11. The third-order valence-corrected chi connectivity index (χ3v) is 5.56. The number of nitrogens with zero attached hydrogens (tertiary/aromatic N) is 1. The summed E-state index contributed by atoms with van der Waals surface area (Å²) in [4.78, 5) is 15.4. The van der Waals surface area contributed by atoms with Crippen LogP contribution in [0.5, 0.6) is 0 Å². The van der Waals surface area contributed by atoms with Crippen LogP contribution in [0.1, 0.15) is 17.3 Å². The van der Waals surface area contributed by atoms with Gasteiger partial charge >= 0.3 is 0 Å². The zero-order valence-electron chi connectivity index (χ0n) is 11.9. The lowest BCUT2D eigenvalue weighted by molar-refractivity contribution is 0.101. The molecule has 1 aromatic heterocycles. The second-order valence-electron chi connectivity index (χ2n) is 4.82. The number of nitrogens with one attached hydrogen (secondary N) is 1. The highest BCUT2D eigenvalue weighted by molar-refractivity contribution is 7.93. The number of sulfonamides is 1. The number of Topliss-reactive ketones (excluding diaryl/α,β-unsaturated/α-hetero) is 1. The van der Waals surface area contributed by atoms with E-state index in [0.29, 0.717) is 15.8 Å². The molecule has 0 amide bonds. The van der Waals surface area contributed by atoms with Gasteiger partial charge in [-0.25, -0.2) is 17.8 Å². The van der Waals surface area contributed by atoms with Crippen molar-refractivity contribution in [2.45, 2.75) is 11.8 Å². The van der Waals surface area contributed by atoms with Crippen LogP contribution >= 0.6 is 11.3 Å². The first kappa shape index (κ1) is 15.6. The van der Waals surface area contributed by atoms with Gasteiger partial charge in [0.25, 0.3) is 10.0 Å². The summed E-state index contributed by atoms with van der Waals surface area (Å²) >= 11 is 1.05. The van der Waals surface area contributed by atoms with Crippen LogP contribution in [0.2, 0.25) is 0 Å². The Morgan fingerprint density at radius 2 is 1.87 bits per heavy atom. The monoisotopic (exact) mass is 350 g/mol. The van der Waals surface area contributed by atoms with E-state index in [-0.39, 0.29) is 15.8 Å². The van der Waals surface area contributed by atoms with E-state index in [0.717, 1.165) is 11.3 Å². The number of anilines is 1. The Kier molecular flexibility index (Phi) is 3.87. The maximum atomic E-state index is 13.2.